The fraction of sp³-hybridized carbons (Fsp3) is 0.579. The van der Waals surface area contributed by atoms with Gasteiger partial charge in [0.15, 0.2) is 0 Å². The van der Waals surface area contributed by atoms with Gasteiger partial charge in [0.1, 0.15) is 11.9 Å². The van der Waals surface area contributed by atoms with Gasteiger partial charge >= 0.3 is 6.09 Å². The van der Waals surface area contributed by atoms with E-state index < -0.39 is 12.2 Å². The molecule has 2 amide bonds. The molecule has 1 aromatic rings. The summed E-state index contributed by atoms with van der Waals surface area (Å²) in [5.74, 6) is 0.569. The average molecular weight is 391 g/mol. The van der Waals surface area contributed by atoms with E-state index in [-0.39, 0.29) is 24.8 Å². The number of carbonyl (C=O) groups is 2. The van der Waals surface area contributed by atoms with Crippen molar-refractivity contribution in [2.45, 2.75) is 19.1 Å². The molecule has 3 aliphatic rings. The molecule has 4 N–H and O–H groups in total. The van der Waals surface area contributed by atoms with Crippen LogP contribution < -0.4 is 26.2 Å². The molecule has 0 radical (unpaired) electrons. The standard InChI is InChI=1S/C19H26FN5O3/c1-11(26)23-7-13-8-25(19(27)28-13)12-2-3-17(16(20)6-12)24-9-14-15(10-24)18(14)22-5-4-21/h2-3,6,13-15,18,22H,4-5,7-10,21H2,1H3,(H,23,26)/t13-,14-,15+,18?/m0/s1. The van der Waals surface area contributed by atoms with E-state index in [1.807, 2.05) is 0 Å². The summed E-state index contributed by atoms with van der Waals surface area (Å²) >= 11 is 0. The maximum absolute atomic E-state index is 14.8. The molecule has 8 nitrogen and oxygen atoms in total. The molecule has 4 atom stereocenters. The van der Waals surface area contributed by atoms with Crippen molar-refractivity contribution in [1.82, 2.24) is 10.6 Å². The molecule has 152 valence electrons. The highest BCUT2D eigenvalue weighted by molar-refractivity contribution is 5.90. The first-order chi connectivity index (χ1) is 13.5. The van der Waals surface area contributed by atoms with Crippen molar-refractivity contribution >= 4 is 23.4 Å². The zero-order valence-electron chi connectivity index (χ0n) is 15.9. The number of rotatable bonds is 7. The van der Waals surface area contributed by atoms with Crippen LogP contribution in [-0.2, 0) is 9.53 Å². The second-order valence-corrected chi connectivity index (χ2v) is 7.69. The molecule has 0 aromatic heterocycles. The smallest absolute Gasteiger partial charge is 0.414 e. The summed E-state index contributed by atoms with van der Waals surface area (Å²) in [4.78, 5) is 26.6. The average Bonchev–Trinajstić information content (AvgIpc) is 2.98. The number of hydrogen-bond acceptors (Lipinski definition) is 6. The first kappa shape index (κ1) is 18.9. The third-order valence-electron chi connectivity index (χ3n) is 5.75. The van der Waals surface area contributed by atoms with Gasteiger partial charge in [0.05, 0.1) is 24.5 Å². The van der Waals surface area contributed by atoms with E-state index >= 15 is 0 Å². The van der Waals surface area contributed by atoms with E-state index in [2.05, 4.69) is 15.5 Å². The topological polar surface area (TPSA) is 99.9 Å². The fourth-order valence-electron chi connectivity index (χ4n) is 4.29. The van der Waals surface area contributed by atoms with Crippen LogP contribution in [0.5, 0.6) is 0 Å². The lowest BCUT2D eigenvalue weighted by molar-refractivity contribution is -0.119. The summed E-state index contributed by atoms with van der Waals surface area (Å²) in [6.07, 6.45) is -0.971. The maximum atomic E-state index is 14.8. The lowest BCUT2D eigenvalue weighted by atomic mass is 10.2. The van der Waals surface area contributed by atoms with Gasteiger partial charge in [0.25, 0.3) is 0 Å². The van der Waals surface area contributed by atoms with Crippen LogP contribution in [0.3, 0.4) is 0 Å². The van der Waals surface area contributed by atoms with Crippen LogP contribution in [-0.4, -0.2) is 63.4 Å². The van der Waals surface area contributed by atoms with E-state index in [0.29, 0.717) is 35.8 Å². The molecule has 2 aliphatic heterocycles. The fourth-order valence-corrected chi connectivity index (χ4v) is 4.29. The first-order valence-electron chi connectivity index (χ1n) is 9.68. The van der Waals surface area contributed by atoms with Gasteiger partial charge in [-0.05, 0) is 30.0 Å². The first-order valence-corrected chi connectivity index (χ1v) is 9.68. The molecule has 9 heteroatoms. The van der Waals surface area contributed by atoms with Gasteiger partial charge in [-0.1, -0.05) is 0 Å². The second-order valence-electron chi connectivity index (χ2n) is 7.69. The second kappa shape index (κ2) is 7.56. The van der Waals surface area contributed by atoms with E-state index in [1.54, 1.807) is 12.1 Å². The Hall–Kier alpha value is -2.39. The maximum Gasteiger partial charge on any atom is 0.414 e. The lowest BCUT2D eigenvalue weighted by Crippen LogP contribution is -2.34. The molecule has 28 heavy (non-hydrogen) atoms. The largest absolute Gasteiger partial charge is 0.442 e. The van der Waals surface area contributed by atoms with Crippen molar-refractivity contribution in [3.8, 4) is 0 Å². The van der Waals surface area contributed by atoms with Crippen molar-refractivity contribution < 1.29 is 18.7 Å². The summed E-state index contributed by atoms with van der Waals surface area (Å²) in [6.45, 7) is 5.02. The van der Waals surface area contributed by atoms with Crippen LogP contribution in [0.25, 0.3) is 0 Å². The molecule has 0 spiro atoms. The Morgan fingerprint density at radius 3 is 2.71 bits per heavy atom. The summed E-state index contributed by atoms with van der Waals surface area (Å²) < 4.78 is 20.0. The highest BCUT2D eigenvalue weighted by Crippen LogP contribution is 2.47. The quantitative estimate of drug-likeness (QED) is 0.617. The van der Waals surface area contributed by atoms with E-state index in [4.69, 9.17) is 10.5 Å². The van der Waals surface area contributed by atoms with E-state index in [0.717, 1.165) is 19.6 Å². The summed E-state index contributed by atoms with van der Waals surface area (Å²) in [6, 6.07) is 5.36. The Morgan fingerprint density at radius 2 is 2.07 bits per heavy atom. The number of carbonyl (C=O) groups excluding carboxylic acids is 2. The number of benzene rings is 1. The molecule has 1 aromatic carbocycles. The van der Waals surface area contributed by atoms with Crippen molar-refractivity contribution in [2.24, 2.45) is 17.6 Å². The van der Waals surface area contributed by atoms with Gasteiger partial charge in [0, 0.05) is 39.1 Å². The molecule has 0 bridgehead atoms. The molecular weight excluding hydrogens is 365 g/mol. The minimum Gasteiger partial charge on any atom is -0.442 e. The molecule has 1 aliphatic carbocycles. The number of piperidine rings is 1. The molecule has 4 rings (SSSR count). The predicted molar refractivity (Wildman–Crippen MR) is 103 cm³/mol. The summed E-state index contributed by atoms with van der Waals surface area (Å²) in [7, 11) is 0. The van der Waals surface area contributed by atoms with Crippen LogP contribution in [0.15, 0.2) is 18.2 Å². The number of fused-ring (bicyclic) bond motifs is 1. The van der Waals surface area contributed by atoms with Crippen LogP contribution in [0.1, 0.15) is 6.92 Å². The molecule has 3 fully saturated rings. The number of nitrogens with zero attached hydrogens (tertiary/aromatic N) is 2. The van der Waals surface area contributed by atoms with Crippen molar-refractivity contribution in [1.29, 1.82) is 0 Å². The molecular formula is C19H26FN5O3. The zero-order chi connectivity index (χ0) is 19.8. The number of nitrogens with two attached hydrogens (primary N) is 1. The highest BCUT2D eigenvalue weighted by Gasteiger charge is 2.55. The molecule has 1 saturated carbocycles. The zero-order valence-corrected chi connectivity index (χ0v) is 15.9. The van der Waals surface area contributed by atoms with Crippen molar-refractivity contribution in [3.05, 3.63) is 24.0 Å². The number of anilines is 2. The van der Waals surface area contributed by atoms with Crippen LogP contribution in [0.2, 0.25) is 0 Å². The van der Waals surface area contributed by atoms with Crippen LogP contribution >= 0.6 is 0 Å². The Morgan fingerprint density at radius 1 is 1.32 bits per heavy atom. The summed E-state index contributed by atoms with van der Waals surface area (Å²) in [5, 5.41) is 6.06. The van der Waals surface area contributed by atoms with Gasteiger partial charge in [-0.3, -0.25) is 9.69 Å². The number of hydrogen-bond donors (Lipinski definition) is 3. The number of amides is 2. The lowest BCUT2D eigenvalue weighted by Gasteiger charge is -2.24. The Labute approximate surface area is 163 Å². The molecule has 2 saturated heterocycles. The van der Waals surface area contributed by atoms with Gasteiger partial charge in [-0.25, -0.2) is 9.18 Å². The number of cyclic esters (lactones) is 1. The Balaban J connectivity index is 1.37. The van der Waals surface area contributed by atoms with Crippen molar-refractivity contribution in [2.75, 3.05) is 49.1 Å². The summed E-state index contributed by atoms with van der Waals surface area (Å²) in [5.41, 5.74) is 6.56. The number of halogens is 1. The minimum absolute atomic E-state index is 0.186. The van der Waals surface area contributed by atoms with Crippen LogP contribution in [0, 0.1) is 17.7 Å². The van der Waals surface area contributed by atoms with Gasteiger partial charge in [-0.2, -0.15) is 0 Å². The third-order valence-corrected chi connectivity index (χ3v) is 5.75. The molecule has 1 unspecified atom stereocenters. The predicted octanol–water partition coefficient (Wildman–Crippen LogP) is 0.270. The van der Waals surface area contributed by atoms with E-state index in [1.165, 1.54) is 17.9 Å². The van der Waals surface area contributed by atoms with Gasteiger partial charge in [0.2, 0.25) is 5.91 Å². The monoisotopic (exact) mass is 391 g/mol. The Bertz CT molecular complexity index is 764. The molecule has 2 heterocycles. The Kier molecular flexibility index (Phi) is 5.11. The number of nitrogens with one attached hydrogen (secondary N) is 2. The SMILES string of the molecule is CC(=O)NC[C@H]1CN(c2ccc(N3C[C@@H]4C(NCCN)[C@@H]4C3)c(F)c2)C(=O)O1. The van der Waals surface area contributed by atoms with E-state index in [9.17, 15) is 14.0 Å². The van der Waals surface area contributed by atoms with Crippen LogP contribution in [0.4, 0.5) is 20.6 Å². The highest BCUT2D eigenvalue weighted by atomic mass is 19.1. The van der Waals surface area contributed by atoms with Gasteiger partial charge in [-0.15, -0.1) is 0 Å². The third kappa shape index (κ3) is 3.64. The number of ether oxygens (including phenoxy) is 1. The van der Waals surface area contributed by atoms with Gasteiger partial charge < -0.3 is 26.0 Å². The normalized spacial score (nSPS) is 28.3. The minimum atomic E-state index is -0.529. The van der Waals surface area contributed by atoms with Crippen molar-refractivity contribution in [3.63, 3.8) is 0 Å².